The van der Waals surface area contributed by atoms with Crippen molar-refractivity contribution in [1.82, 2.24) is 9.88 Å². The second kappa shape index (κ2) is 9.07. The van der Waals surface area contributed by atoms with E-state index < -0.39 is 0 Å². The molecule has 0 bridgehead atoms. The topological polar surface area (TPSA) is 97.6 Å². The van der Waals surface area contributed by atoms with Gasteiger partial charge in [-0.05, 0) is 37.1 Å². The van der Waals surface area contributed by atoms with Crippen LogP contribution in [0.4, 0.5) is 5.69 Å². The summed E-state index contributed by atoms with van der Waals surface area (Å²) in [5, 5.41) is 5.35. The van der Waals surface area contributed by atoms with Gasteiger partial charge in [-0.25, -0.2) is 4.98 Å². The van der Waals surface area contributed by atoms with Gasteiger partial charge in [0, 0.05) is 31.3 Å². The molecule has 3 N–H and O–H groups in total. The Hall–Kier alpha value is -2.29. The summed E-state index contributed by atoms with van der Waals surface area (Å²) in [5.74, 6) is -0.506. The van der Waals surface area contributed by atoms with Crippen molar-refractivity contribution in [3.8, 4) is 0 Å². The maximum atomic E-state index is 12.3. The Morgan fingerprint density at radius 2 is 2.15 bits per heavy atom. The van der Waals surface area contributed by atoms with E-state index in [2.05, 4.69) is 15.2 Å². The predicted molar refractivity (Wildman–Crippen MR) is 104 cm³/mol. The van der Waals surface area contributed by atoms with E-state index in [1.54, 1.807) is 12.5 Å². The van der Waals surface area contributed by atoms with Crippen LogP contribution in [0.25, 0.3) is 0 Å². The number of rotatable bonds is 7. The molecule has 3 rings (SSSR count). The summed E-state index contributed by atoms with van der Waals surface area (Å²) in [5.41, 5.74) is 7.68. The molecule has 1 atom stereocenters. The number of nitrogens with one attached hydrogen (secondary N) is 1. The Kier molecular flexibility index (Phi) is 6.54. The van der Waals surface area contributed by atoms with Crippen LogP contribution in [-0.4, -0.2) is 41.9 Å². The van der Waals surface area contributed by atoms with Crippen molar-refractivity contribution in [1.29, 1.82) is 0 Å². The van der Waals surface area contributed by atoms with E-state index in [1.165, 1.54) is 11.3 Å². The molecule has 1 aromatic heterocycles. The second-order valence-electron chi connectivity index (χ2n) is 6.69. The van der Waals surface area contributed by atoms with Gasteiger partial charge < -0.3 is 15.8 Å². The smallest absolute Gasteiger partial charge is 0.275 e. The zero-order valence-electron chi connectivity index (χ0n) is 15.3. The standard InChI is InChI=1S/C19H24N4O3S/c1-26-11-17-22-16(12-27-17)19(25)21-15-6-4-13(5-7-15)9-23-8-2-3-14(10-23)18(20)24/h4-7,12,14H,2-3,8-11H2,1H3,(H2,20,24)(H,21,25). The van der Waals surface area contributed by atoms with Crippen LogP contribution < -0.4 is 11.1 Å². The molecule has 2 heterocycles. The highest BCUT2D eigenvalue weighted by atomic mass is 32.1. The second-order valence-corrected chi connectivity index (χ2v) is 7.63. The maximum absolute atomic E-state index is 12.3. The molecule has 0 radical (unpaired) electrons. The van der Waals surface area contributed by atoms with Crippen molar-refractivity contribution < 1.29 is 14.3 Å². The molecule has 1 fully saturated rings. The van der Waals surface area contributed by atoms with E-state index in [4.69, 9.17) is 10.5 Å². The summed E-state index contributed by atoms with van der Waals surface area (Å²) >= 11 is 1.40. The van der Waals surface area contributed by atoms with Crippen molar-refractivity contribution in [3.63, 3.8) is 0 Å². The molecule has 27 heavy (non-hydrogen) atoms. The minimum atomic E-state index is -0.235. The Morgan fingerprint density at radius 3 is 2.85 bits per heavy atom. The van der Waals surface area contributed by atoms with E-state index in [0.29, 0.717) is 18.8 Å². The SMILES string of the molecule is COCc1nc(C(=O)Nc2ccc(CN3CCCC(C(N)=O)C3)cc2)cs1. The normalized spacial score (nSPS) is 17.6. The summed E-state index contributed by atoms with van der Waals surface area (Å²) in [6.07, 6.45) is 1.86. The number of likely N-dealkylation sites (tertiary alicyclic amines) is 1. The number of nitrogens with two attached hydrogens (primary N) is 1. The fraction of sp³-hybridized carbons (Fsp3) is 0.421. The van der Waals surface area contributed by atoms with Gasteiger partial charge >= 0.3 is 0 Å². The number of hydrogen-bond donors (Lipinski definition) is 2. The summed E-state index contributed by atoms with van der Waals surface area (Å²) < 4.78 is 5.02. The van der Waals surface area contributed by atoms with Crippen LogP contribution in [0.2, 0.25) is 0 Å². The maximum Gasteiger partial charge on any atom is 0.275 e. The molecule has 0 spiro atoms. The van der Waals surface area contributed by atoms with E-state index in [1.807, 2.05) is 24.3 Å². The fourth-order valence-corrected chi connectivity index (χ4v) is 3.93. The lowest BCUT2D eigenvalue weighted by Gasteiger charge is -2.31. The number of ether oxygens (including phenoxy) is 1. The number of methoxy groups -OCH3 is 1. The average Bonchev–Trinajstić information content (AvgIpc) is 3.13. The number of piperidine rings is 1. The van der Waals surface area contributed by atoms with Gasteiger partial charge in [0.25, 0.3) is 5.91 Å². The number of primary amides is 1. The van der Waals surface area contributed by atoms with Gasteiger partial charge in [-0.3, -0.25) is 14.5 Å². The molecular formula is C19H24N4O3S. The molecule has 2 amide bonds. The van der Waals surface area contributed by atoms with Crippen LogP contribution >= 0.6 is 11.3 Å². The van der Waals surface area contributed by atoms with E-state index in [-0.39, 0.29) is 17.7 Å². The highest BCUT2D eigenvalue weighted by Gasteiger charge is 2.23. The minimum absolute atomic E-state index is 0.0570. The number of carbonyl (C=O) groups excluding carboxylic acids is 2. The number of thiazole rings is 1. The van der Waals surface area contributed by atoms with Crippen molar-refractivity contribution >= 4 is 28.8 Å². The van der Waals surface area contributed by atoms with E-state index >= 15 is 0 Å². The molecule has 0 aliphatic carbocycles. The Bertz CT molecular complexity index is 791. The third-order valence-corrected chi connectivity index (χ3v) is 5.40. The van der Waals surface area contributed by atoms with Crippen molar-refractivity contribution in [2.45, 2.75) is 26.0 Å². The number of amides is 2. The third kappa shape index (κ3) is 5.35. The van der Waals surface area contributed by atoms with Crippen LogP contribution in [0.3, 0.4) is 0 Å². The van der Waals surface area contributed by atoms with Gasteiger partial charge in [-0.2, -0.15) is 0 Å². The molecular weight excluding hydrogens is 364 g/mol. The predicted octanol–water partition coefficient (Wildman–Crippen LogP) is 2.24. The summed E-state index contributed by atoms with van der Waals surface area (Å²) in [7, 11) is 1.60. The van der Waals surface area contributed by atoms with E-state index in [0.717, 1.165) is 42.2 Å². The first-order chi connectivity index (χ1) is 13.0. The van der Waals surface area contributed by atoms with Gasteiger partial charge in [0.15, 0.2) is 0 Å². The first-order valence-electron chi connectivity index (χ1n) is 8.90. The molecule has 144 valence electrons. The number of aromatic nitrogens is 1. The van der Waals surface area contributed by atoms with Gasteiger partial charge in [0.1, 0.15) is 10.7 Å². The first kappa shape index (κ1) is 19.5. The molecule has 7 nitrogen and oxygen atoms in total. The highest BCUT2D eigenvalue weighted by molar-refractivity contribution is 7.09. The zero-order chi connectivity index (χ0) is 19.2. The lowest BCUT2D eigenvalue weighted by Crippen LogP contribution is -2.40. The van der Waals surface area contributed by atoms with Crippen LogP contribution in [-0.2, 0) is 22.7 Å². The molecule has 0 saturated carbocycles. The number of hydrogen-bond acceptors (Lipinski definition) is 6. The Morgan fingerprint density at radius 1 is 1.37 bits per heavy atom. The van der Waals surface area contributed by atoms with Crippen molar-refractivity contribution in [3.05, 3.63) is 45.9 Å². The first-order valence-corrected chi connectivity index (χ1v) is 9.78. The largest absolute Gasteiger partial charge is 0.378 e. The monoisotopic (exact) mass is 388 g/mol. The van der Waals surface area contributed by atoms with Crippen LogP contribution in [0, 0.1) is 5.92 Å². The van der Waals surface area contributed by atoms with Crippen molar-refractivity contribution in [2.75, 3.05) is 25.5 Å². The summed E-state index contributed by atoms with van der Waals surface area (Å²) in [6.45, 7) is 2.85. The molecule has 1 saturated heterocycles. The van der Waals surface area contributed by atoms with Gasteiger partial charge in [0.05, 0.1) is 12.5 Å². The number of nitrogens with zero attached hydrogens (tertiary/aromatic N) is 2. The number of anilines is 1. The molecule has 1 aromatic carbocycles. The summed E-state index contributed by atoms with van der Waals surface area (Å²) in [4.78, 5) is 30.2. The van der Waals surface area contributed by atoms with Crippen LogP contribution in [0.15, 0.2) is 29.6 Å². The molecule has 2 aromatic rings. The molecule has 1 unspecified atom stereocenters. The molecule has 8 heteroatoms. The molecule has 1 aliphatic rings. The lowest BCUT2D eigenvalue weighted by atomic mass is 9.97. The van der Waals surface area contributed by atoms with Gasteiger partial charge in [-0.15, -0.1) is 11.3 Å². The van der Waals surface area contributed by atoms with E-state index in [9.17, 15) is 9.59 Å². The zero-order valence-corrected chi connectivity index (χ0v) is 16.1. The number of carbonyl (C=O) groups is 2. The fourth-order valence-electron chi connectivity index (χ4n) is 3.18. The quantitative estimate of drug-likeness (QED) is 0.758. The lowest BCUT2D eigenvalue weighted by molar-refractivity contribution is -0.123. The highest BCUT2D eigenvalue weighted by Crippen LogP contribution is 2.19. The number of benzene rings is 1. The average molecular weight is 388 g/mol. The summed E-state index contributed by atoms with van der Waals surface area (Å²) in [6, 6.07) is 7.73. The van der Waals surface area contributed by atoms with Crippen LogP contribution in [0.5, 0.6) is 0 Å². The van der Waals surface area contributed by atoms with Crippen molar-refractivity contribution in [2.24, 2.45) is 11.7 Å². The molecule has 1 aliphatic heterocycles. The van der Waals surface area contributed by atoms with Gasteiger partial charge in [0.2, 0.25) is 5.91 Å². The minimum Gasteiger partial charge on any atom is -0.378 e. The Balaban J connectivity index is 1.55. The van der Waals surface area contributed by atoms with Crippen LogP contribution in [0.1, 0.15) is 33.9 Å². The third-order valence-electron chi connectivity index (χ3n) is 4.58. The van der Waals surface area contributed by atoms with Gasteiger partial charge in [-0.1, -0.05) is 12.1 Å². The Labute approximate surface area is 162 Å².